The zero-order valence-electron chi connectivity index (χ0n) is 9.73. The number of nitrogens with one attached hydrogen (secondary N) is 1. The van der Waals surface area contributed by atoms with Crippen molar-refractivity contribution in [3.8, 4) is 0 Å². The molecular formula is C9H20N2O3S2. The van der Waals surface area contributed by atoms with Crippen molar-refractivity contribution >= 4 is 27.2 Å². The molecule has 96 valence electrons. The van der Waals surface area contributed by atoms with Crippen molar-refractivity contribution in [2.45, 2.75) is 20.3 Å². The SMILES string of the molecule is CC(C)CCOCCNS(=O)(=O)CC(N)=S. The van der Waals surface area contributed by atoms with E-state index in [1.54, 1.807) is 0 Å². The Labute approximate surface area is 103 Å². The number of nitrogens with two attached hydrogens (primary N) is 1. The third-order valence-electron chi connectivity index (χ3n) is 1.74. The van der Waals surface area contributed by atoms with Crippen LogP contribution in [-0.4, -0.2) is 38.9 Å². The van der Waals surface area contributed by atoms with Gasteiger partial charge in [-0.15, -0.1) is 0 Å². The number of rotatable bonds is 9. The molecule has 0 amide bonds. The monoisotopic (exact) mass is 268 g/mol. The molecule has 0 aliphatic heterocycles. The van der Waals surface area contributed by atoms with E-state index in [9.17, 15) is 8.42 Å². The number of hydrogen-bond donors (Lipinski definition) is 2. The fraction of sp³-hybridized carbons (Fsp3) is 0.889. The first-order valence-electron chi connectivity index (χ1n) is 5.17. The number of ether oxygens (including phenoxy) is 1. The van der Waals surface area contributed by atoms with Gasteiger partial charge in [-0.05, 0) is 12.3 Å². The maximum Gasteiger partial charge on any atom is 0.218 e. The Morgan fingerprint density at radius 2 is 2.06 bits per heavy atom. The minimum absolute atomic E-state index is 0.0340. The molecule has 0 unspecified atom stereocenters. The van der Waals surface area contributed by atoms with Crippen LogP contribution < -0.4 is 10.5 Å². The number of thiocarbonyl (C=S) groups is 1. The fourth-order valence-electron chi connectivity index (χ4n) is 0.929. The molecule has 7 heteroatoms. The van der Waals surface area contributed by atoms with E-state index >= 15 is 0 Å². The molecule has 0 atom stereocenters. The van der Waals surface area contributed by atoms with Crippen LogP contribution in [0.15, 0.2) is 0 Å². The maximum atomic E-state index is 11.2. The van der Waals surface area contributed by atoms with Gasteiger partial charge in [0.1, 0.15) is 5.75 Å². The summed E-state index contributed by atoms with van der Waals surface area (Å²) in [6, 6.07) is 0. The fourth-order valence-corrected chi connectivity index (χ4v) is 2.27. The Morgan fingerprint density at radius 3 is 2.56 bits per heavy atom. The minimum atomic E-state index is -3.38. The van der Waals surface area contributed by atoms with Crippen molar-refractivity contribution in [2.75, 3.05) is 25.5 Å². The second-order valence-corrected chi connectivity index (χ2v) is 6.25. The van der Waals surface area contributed by atoms with Gasteiger partial charge in [0.2, 0.25) is 10.0 Å². The summed E-state index contributed by atoms with van der Waals surface area (Å²) < 4.78 is 30.1. The van der Waals surface area contributed by atoms with Crippen LogP contribution in [0.5, 0.6) is 0 Å². The maximum absolute atomic E-state index is 11.2. The summed E-state index contributed by atoms with van der Waals surface area (Å²) in [6.07, 6.45) is 0.972. The molecule has 0 heterocycles. The van der Waals surface area contributed by atoms with Crippen molar-refractivity contribution in [3.05, 3.63) is 0 Å². The molecule has 0 aromatic carbocycles. The van der Waals surface area contributed by atoms with Gasteiger partial charge >= 0.3 is 0 Å². The zero-order valence-corrected chi connectivity index (χ0v) is 11.4. The lowest BCUT2D eigenvalue weighted by Gasteiger charge is -2.07. The summed E-state index contributed by atoms with van der Waals surface area (Å²) in [4.78, 5) is -0.0340. The largest absolute Gasteiger partial charge is 0.392 e. The normalized spacial score (nSPS) is 11.9. The van der Waals surface area contributed by atoms with E-state index in [0.29, 0.717) is 19.1 Å². The van der Waals surface area contributed by atoms with Crippen LogP contribution in [0.4, 0.5) is 0 Å². The molecule has 0 fully saturated rings. The van der Waals surface area contributed by atoms with E-state index in [4.69, 9.17) is 10.5 Å². The Hall–Kier alpha value is -0.240. The Kier molecular flexibility index (Phi) is 7.82. The highest BCUT2D eigenvalue weighted by molar-refractivity contribution is 7.92. The second-order valence-electron chi connectivity index (χ2n) is 3.91. The first-order valence-corrected chi connectivity index (χ1v) is 7.23. The second kappa shape index (κ2) is 7.94. The summed E-state index contributed by atoms with van der Waals surface area (Å²) in [5, 5.41) is 0. The van der Waals surface area contributed by atoms with Crippen molar-refractivity contribution in [2.24, 2.45) is 11.7 Å². The van der Waals surface area contributed by atoms with Crippen molar-refractivity contribution in [1.82, 2.24) is 4.72 Å². The molecule has 0 aliphatic rings. The Morgan fingerprint density at radius 1 is 1.44 bits per heavy atom. The zero-order chi connectivity index (χ0) is 12.6. The predicted molar refractivity (Wildman–Crippen MR) is 68.8 cm³/mol. The first kappa shape index (κ1) is 15.8. The van der Waals surface area contributed by atoms with Crippen molar-refractivity contribution < 1.29 is 13.2 Å². The third kappa shape index (κ3) is 10.3. The lowest BCUT2D eigenvalue weighted by molar-refractivity contribution is 0.128. The summed E-state index contributed by atoms with van der Waals surface area (Å²) >= 11 is 4.52. The molecular weight excluding hydrogens is 248 g/mol. The summed E-state index contributed by atoms with van der Waals surface area (Å²) in [7, 11) is -3.38. The molecule has 5 nitrogen and oxygen atoms in total. The Balaban J connectivity index is 3.55. The molecule has 0 bridgehead atoms. The molecule has 0 radical (unpaired) electrons. The molecule has 0 aromatic rings. The van der Waals surface area contributed by atoms with Crippen LogP contribution in [0.1, 0.15) is 20.3 Å². The van der Waals surface area contributed by atoms with Gasteiger partial charge in [0.05, 0.1) is 11.6 Å². The molecule has 3 N–H and O–H groups in total. The average Bonchev–Trinajstić information content (AvgIpc) is 2.08. The molecule has 0 saturated heterocycles. The summed E-state index contributed by atoms with van der Waals surface area (Å²) in [5.74, 6) is 0.278. The molecule has 0 aromatic heterocycles. The van der Waals surface area contributed by atoms with E-state index in [1.807, 2.05) is 0 Å². The van der Waals surface area contributed by atoms with Gasteiger partial charge in [-0.2, -0.15) is 0 Å². The van der Waals surface area contributed by atoms with Gasteiger partial charge in [0.15, 0.2) is 0 Å². The van der Waals surface area contributed by atoms with Gasteiger partial charge < -0.3 is 10.5 Å². The van der Waals surface area contributed by atoms with E-state index in [2.05, 4.69) is 30.8 Å². The van der Waals surface area contributed by atoms with Crippen molar-refractivity contribution in [3.63, 3.8) is 0 Å². The molecule has 0 aliphatic carbocycles. The van der Waals surface area contributed by atoms with Crippen LogP contribution in [0.2, 0.25) is 0 Å². The smallest absolute Gasteiger partial charge is 0.218 e. The number of hydrogen-bond acceptors (Lipinski definition) is 4. The quantitative estimate of drug-likeness (QED) is 0.463. The van der Waals surface area contributed by atoms with Crippen LogP contribution in [-0.2, 0) is 14.8 Å². The van der Waals surface area contributed by atoms with E-state index < -0.39 is 10.0 Å². The molecule has 0 rings (SSSR count). The van der Waals surface area contributed by atoms with Crippen LogP contribution in [0, 0.1) is 5.92 Å². The van der Waals surface area contributed by atoms with E-state index in [0.717, 1.165) is 6.42 Å². The van der Waals surface area contributed by atoms with E-state index in [-0.39, 0.29) is 17.3 Å². The van der Waals surface area contributed by atoms with Gasteiger partial charge in [0, 0.05) is 13.2 Å². The van der Waals surface area contributed by atoms with Crippen LogP contribution in [0.25, 0.3) is 0 Å². The molecule has 0 spiro atoms. The standard InChI is InChI=1S/C9H20N2O3S2/c1-8(2)3-5-14-6-4-11-16(12,13)7-9(10)15/h8,11H,3-7H2,1-2H3,(H2,10,15). The number of sulfonamides is 1. The van der Waals surface area contributed by atoms with Gasteiger partial charge in [-0.1, -0.05) is 26.1 Å². The van der Waals surface area contributed by atoms with Crippen LogP contribution in [0.3, 0.4) is 0 Å². The van der Waals surface area contributed by atoms with Gasteiger partial charge in [0.25, 0.3) is 0 Å². The predicted octanol–water partition coefficient (Wildman–Crippen LogP) is 0.255. The minimum Gasteiger partial charge on any atom is -0.392 e. The third-order valence-corrected chi connectivity index (χ3v) is 3.40. The highest BCUT2D eigenvalue weighted by Gasteiger charge is 2.10. The average molecular weight is 268 g/mol. The summed E-state index contributed by atoms with van der Waals surface area (Å²) in [5.41, 5.74) is 5.14. The highest BCUT2D eigenvalue weighted by atomic mass is 32.2. The van der Waals surface area contributed by atoms with Crippen LogP contribution >= 0.6 is 12.2 Å². The lowest BCUT2D eigenvalue weighted by atomic mass is 10.1. The Bertz CT molecular complexity index is 302. The topological polar surface area (TPSA) is 81.4 Å². The van der Waals surface area contributed by atoms with Crippen molar-refractivity contribution in [1.29, 1.82) is 0 Å². The molecule has 0 saturated carbocycles. The van der Waals surface area contributed by atoms with E-state index in [1.165, 1.54) is 0 Å². The lowest BCUT2D eigenvalue weighted by Crippen LogP contribution is -2.34. The summed E-state index contributed by atoms with van der Waals surface area (Å²) in [6.45, 7) is 5.48. The highest BCUT2D eigenvalue weighted by Crippen LogP contribution is 1.98. The molecule has 16 heavy (non-hydrogen) atoms. The van der Waals surface area contributed by atoms with Gasteiger partial charge in [-0.3, -0.25) is 0 Å². The first-order chi connectivity index (χ1) is 7.33. The van der Waals surface area contributed by atoms with Gasteiger partial charge in [-0.25, -0.2) is 13.1 Å².